The maximum absolute atomic E-state index is 11.4. The largest absolute Gasteiger partial charge is 0.316 e. The van der Waals surface area contributed by atoms with Crippen LogP contribution in [0.2, 0.25) is 0 Å². The molecule has 0 aliphatic heterocycles. The van der Waals surface area contributed by atoms with E-state index in [9.17, 15) is 4.79 Å². The van der Waals surface area contributed by atoms with Crippen molar-refractivity contribution in [3.63, 3.8) is 0 Å². The van der Waals surface area contributed by atoms with Gasteiger partial charge in [0.1, 0.15) is 5.78 Å². The molecule has 0 rings (SSSR count). The lowest BCUT2D eigenvalue weighted by molar-refractivity contribution is -0.122. The van der Waals surface area contributed by atoms with Gasteiger partial charge < -0.3 is 5.32 Å². The van der Waals surface area contributed by atoms with Gasteiger partial charge in [-0.15, -0.1) is 6.58 Å². The van der Waals surface area contributed by atoms with Crippen molar-refractivity contribution >= 4 is 5.78 Å². The van der Waals surface area contributed by atoms with E-state index in [-0.39, 0.29) is 5.92 Å². The van der Waals surface area contributed by atoms with Crippen molar-refractivity contribution in [2.45, 2.75) is 33.1 Å². The van der Waals surface area contributed by atoms with Crippen molar-refractivity contribution in [2.75, 3.05) is 13.1 Å². The maximum atomic E-state index is 11.4. The summed E-state index contributed by atoms with van der Waals surface area (Å²) in [6.45, 7) is 9.41. The van der Waals surface area contributed by atoms with Gasteiger partial charge >= 0.3 is 0 Å². The molecule has 0 aliphatic carbocycles. The van der Waals surface area contributed by atoms with E-state index < -0.39 is 0 Å². The van der Waals surface area contributed by atoms with E-state index in [0.29, 0.717) is 12.2 Å². The normalized spacial score (nSPS) is 12.5. The highest BCUT2D eigenvalue weighted by Gasteiger charge is 2.10. The molecule has 0 saturated carbocycles. The third-order valence-electron chi connectivity index (χ3n) is 2.08. The van der Waals surface area contributed by atoms with Crippen LogP contribution in [0, 0.1) is 5.92 Å². The summed E-state index contributed by atoms with van der Waals surface area (Å²) in [6, 6.07) is 0. The SMILES string of the molecule is C=CCCCC(=O)C(C)CNCC. The zero-order chi connectivity index (χ0) is 10.1. The van der Waals surface area contributed by atoms with E-state index in [4.69, 9.17) is 0 Å². The van der Waals surface area contributed by atoms with Gasteiger partial charge in [-0.2, -0.15) is 0 Å². The second-order valence-electron chi connectivity index (χ2n) is 3.36. The lowest BCUT2D eigenvalue weighted by Gasteiger charge is -2.09. The Balaban J connectivity index is 3.50. The van der Waals surface area contributed by atoms with Crippen LogP contribution in [0.15, 0.2) is 12.7 Å². The quantitative estimate of drug-likeness (QED) is 0.461. The van der Waals surface area contributed by atoms with E-state index in [1.165, 1.54) is 0 Å². The molecule has 0 aromatic carbocycles. The standard InChI is InChI=1S/C11H21NO/c1-4-6-7-8-11(13)10(3)9-12-5-2/h4,10,12H,1,5-9H2,2-3H3. The fourth-order valence-corrected chi connectivity index (χ4v) is 1.14. The second kappa shape index (κ2) is 7.99. The van der Waals surface area contributed by atoms with Crippen LogP contribution in [-0.2, 0) is 4.79 Å². The van der Waals surface area contributed by atoms with Gasteiger partial charge in [0, 0.05) is 18.9 Å². The van der Waals surface area contributed by atoms with E-state index >= 15 is 0 Å². The first-order valence-corrected chi connectivity index (χ1v) is 5.06. The highest BCUT2D eigenvalue weighted by molar-refractivity contribution is 5.80. The second-order valence-corrected chi connectivity index (χ2v) is 3.36. The van der Waals surface area contributed by atoms with Gasteiger partial charge in [0.25, 0.3) is 0 Å². The molecule has 0 amide bonds. The molecule has 1 N–H and O–H groups in total. The third kappa shape index (κ3) is 6.52. The first kappa shape index (κ1) is 12.4. The lowest BCUT2D eigenvalue weighted by atomic mass is 10.0. The minimum absolute atomic E-state index is 0.157. The van der Waals surface area contributed by atoms with E-state index in [0.717, 1.165) is 25.9 Å². The van der Waals surface area contributed by atoms with Gasteiger partial charge in [-0.05, 0) is 19.4 Å². The molecule has 2 nitrogen and oxygen atoms in total. The number of rotatable bonds is 8. The molecule has 76 valence electrons. The van der Waals surface area contributed by atoms with Crippen molar-refractivity contribution in [3.05, 3.63) is 12.7 Å². The molecule has 0 spiro atoms. The number of hydrogen-bond acceptors (Lipinski definition) is 2. The summed E-state index contributed by atoms with van der Waals surface area (Å²) in [5.74, 6) is 0.521. The predicted molar refractivity (Wildman–Crippen MR) is 56.8 cm³/mol. The molecule has 0 aromatic rings. The smallest absolute Gasteiger partial charge is 0.136 e. The molecule has 0 aliphatic rings. The third-order valence-corrected chi connectivity index (χ3v) is 2.08. The number of unbranched alkanes of at least 4 members (excludes halogenated alkanes) is 1. The van der Waals surface area contributed by atoms with Gasteiger partial charge in [0.05, 0.1) is 0 Å². The fourth-order valence-electron chi connectivity index (χ4n) is 1.14. The van der Waals surface area contributed by atoms with E-state index in [2.05, 4.69) is 18.8 Å². The molecule has 0 aromatic heterocycles. The average molecular weight is 183 g/mol. The Bertz CT molecular complexity index is 154. The van der Waals surface area contributed by atoms with Crippen molar-refractivity contribution in [3.8, 4) is 0 Å². The average Bonchev–Trinajstić information content (AvgIpc) is 2.14. The van der Waals surface area contributed by atoms with E-state index in [1.807, 2.05) is 13.0 Å². The topological polar surface area (TPSA) is 29.1 Å². The summed E-state index contributed by atoms with van der Waals surface area (Å²) in [5, 5.41) is 3.18. The molecule has 0 saturated heterocycles. The Morgan fingerprint density at radius 3 is 2.85 bits per heavy atom. The van der Waals surface area contributed by atoms with Crippen molar-refractivity contribution in [2.24, 2.45) is 5.92 Å². The zero-order valence-corrected chi connectivity index (χ0v) is 8.81. The van der Waals surface area contributed by atoms with Gasteiger partial charge in [-0.25, -0.2) is 0 Å². The maximum Gasteiger partial charge on any atom is 0.136 e. The fraction of sp³-hybridized carbons (Fsp3) is 0.727. The highest BCUT2D eigenvalue weighted by atomic mass is 16.1. The first-order chi connectivity index (χ1) is 6.22. The van der Waals surface area contributed by atoms with Crippen molar-refractivity contribution in [1.29, 1.82) is 0 Å². The van der Waals surface area contributed by atoms with Gasteiger partial charge in [-0.1, -0.05) is 19.9 Å². The van der Waals surface area contributed by atoms with Crippen LogP contribution in [-0.4, -0.2) is 18.9 Å². The molecular weight excluding hydrogens is 162 g/mol. The van der Waals surface area contributed by atoms with Crippen LogP contribution in [0.25, 0.3) is 0 Å². The van der Waals surface area contributed by atoms with Crippen LogP contribution in [0.3, 0.4) is 0 Å². The number of nitrogens with one attached hydrogen (secondary N) is 1. The summed E-state index contributed by atoms with van der Waals surface area (Å²) in [4.78, 5) is 11.4. The number of carbonyl (C=O) groups excluding carboxylic acids is 1. The summed E-state index contributed by atoms with van der Waals surface area (Å²) >= 11 is 0. The Labute approximate surface area is 81.4 Å². The summed E-state index contributed by atoms with van der Waals surface area (Å²) in [5.41, 5.74) is 0. The first-order valence-electron chi connectivity index (χ1n) is 5.06. The number of allylic oxidation sites excluding steroid dienone is 1. The molecule has 0 heterocycles. The Kier molecular flexibility index (Phi) is 7.60. The number of Topliss-reactive ketones (excluding diaryl/α,β-unsaturated/α-hetero) is 1. The molecular formula is C11H21NO. The zero-order valence-electron chi connectivity index (χ0n) is 8.81. The Morgan fingerprint density at radius 1 is 1.62 bits per heavy atom. The van der Waals surface area contributed by atoms with Crippen LogP contribution in [0.1, 0.15) is 33.1 Å². The van der Waals surface area contributed by atoms with Crippen molar-refractivity contribution < 1.29 is 4.79 Å². The molecule has 1 atom stereocenters. The summed E-state index contributed by atoms with van der Waals surface area (Å²) in [6.07, 6.45) is 4.44. The van der Waals surface area contributed by atoms with Crippen LogP contribution >= 0.6 is 0 Å². The molecule has 2 heteroatoms. The Morgan fingerprint density at radius 2 is 2.31 bits per heavy atom. The lowest BCUT2D eigenvalue weighted by Crippen LogP contribution is -2.26. The molecule has 0 radical (unpaired) electrons. The molecule has 13 heavy (non-hydrogen) atoms. The molecule has 0 bridgehead atoms. The van der Waals surface area contributed by atoms with Crippen molar-refractivity contribution in [1.82, 2.24) is 5.32 Å². The summed E-state index contributed by atoms with van der Waals surface area (Å²) < 4.78 is 0. The van der Waals surface area contributed by atoms with Gasteiger partial charge in [0.15, 0.2) is 0 Å². The molecule has 0 fully saturated rings. The highest BCUT2D eigenvalue weighted by Crippen LogP contribution is 2.04. The predicted octanol–water partition coefficient (Wildman–Crippen LogP) is 2.16. The van der Waals surface area contributed by atoms with E-state index in [1.54, 1.807) is 0 Å². The monoisotopic (exact) mass is 183 g/mol. The number of carbonyl (C=O) groups is 1. The van der Waals surface area contributed by atoms with Gasteiger partial charge in [-0.3, -0.25) is 4.79 Å². The minimum atomic E-state index is 0.157. The molecule has 1 unspecified atom stereocenters. The van der Waals surface area contributed by atoms with Crippen LogP contribution in [0.4, 0.5) is 0 Å². The number of ketones is 1. The number of hydrogen-bond donors (Lipinski definition) is 1. The minimum Gasteiger partial charge on any atom is -0.316 e. The summed E-state index contributed by atoms with van der Waals surface area (Å²) in [7, 11) is 0. The van der Waals surface area contributed by atoms with Gasteiger partial charge in [0.2, 0.25) is 0 Å². The van der Waals surface area contributed by atoms with Crippen LogP contribution < -0.4 is 5.32 Å². The van der Waals surface area contributed by atoms with Crippen LogP contribution in [0.5, 0.6) is 0 Å². The Hall–Kier alpha value is -0.630.